The molecule has 2 atom stereocenters. The SMILES string of the molecule is CC1(C(=O)Cc2ccc(F)c([C@]3(C)CS(=O)(=O)[C@]4(CCOC4)C(N)=N3)c2)COC1. The Kier molecular flexibility index (Phi) is 4.64. The number of carbonyl (C=O) groups excluding carboxylic acids is 1. The zero-order chi connectivity index (χ0) is 21.1. The van der Waals surface area contributed by atoms with Gasteiger partial charge in [-0.25, -0.2) is 12.8 Å². The lowest BCUT2D eigenvalue weighted by Crippen LogP contribution is -2.58. The van der Waals surface area contributed by atoms with Crippen molar-refractivity contribution in [3.8, 4) is 0 Å². The smallest absolute Gasteiger partial charge is 0.168 e. The number of Topliss-reactive ketones (excluding diaryl/α,β-unsaturated/α-hetero) is 1. The standard InChI is InChI=1S/C20H25FN2O5S/c1-18(9-28-10-18)16(24)8-13-3-4-15(21)14(7-13)19(2)12-29(25,26)20(17(22)23-19)5-6-27-11-20/h3-4,7H,5-6,8-12H2,1-2H3,(H2,22,23)/t19-,20-/m0/s1. The first-order valence-electron chi connectivity index (χ1n) is 9.57. The Hall–Kier alpha value is -1.84. The summed E-state index contributed by atoms with van der Waals surface area (Å²) in [4.78, 5) is 17.0. The Morgan fingerprint density at radius 2 is 1.97 bits per heavy atom. The molecule has 158 valence electrons. The summed E-state index contributed by atoms with van der Waals surface area (Å²) in [5, 5.41) is 0. The number of aliphatic imine (C=N–C) groups is 1. The second-order valence-corrected chi connectivity index (χ2v) is 11.1. The predicted octanol–water partition coefficient (Wildman–Crippen LogP) is 1.13. The molecule has 0 saturated carbocycles. The van der Waals surface area contributed by atoms with Crippen molar-refractivity contribution < 1.29 is 27.1 Å². The third kappa shape index (κ3) is 3.10. The van der Waals surface area contributed by atoms with Crippen LogP contribution in [-0.4, -0.2) is 57.0 Å². The number of hydrogen-bond acceptors (Lipinski definition) is 7. The molecule has 1 aromatic rings. The molecule has 29 heavy (non-hydrogen) atoms. The zero-order valence-corrected chi connectivity index (χ0v) is 17.4. The number of sulfone groups is 1. The first-order valence-corrected chi connectivity index (χ1v) is 11.2. The highest BCUT2D eigenvalue weighted by Crippen LogP contribution is 2.41. The summed E-state index contributed by atoms with van der Waals surface area (Å²) in [5.41, 5.74) is 4.95. The van der Waals surface area contributed by atoms with Gasteiger partial charge in [-0.05, 0) is 38.0 Å². The molecular formula is C20H25FN2O5S. The molecule has 3 aliphatic rings. The topological polar surface area (TPSA) is 108 Å². The Morgan fingerprint density at radius 3 is 2.52 bits per heavy atom. The molecule has 1 spiro atoms. The van der Waals surface area contributed by atoms with Gasteiger partial charge in [0.2, 0.25) is 0 Å². The zero-order valence-electron chi connectivity index (χ0n) is 16.5. The fourth-order valence-corrected chi connectivity index (χ4v) is 6.52. The van der Waals surface area contributed by atoms with Crippen molar-refractivity contribution in [2.24, 2.45) is 16.1 Å². The van der Waals surface area contributed by atoms with Crippen LogP contribution in [0, 0.1) is 11.2 Å². The second kappa shape index (κ2) is 6.58. The summed E-state index contributed by atoms with van der Waals surface area (Å²) in [7, 11) is -3.73. The van der Waals surface area contributed by atoms with E-state index in [1.54, 1.807) is 13.0 Å². The number of ketones is 1. The number of nitrogens with two attached hydrogens (primary N) is 1. The quantitative estimate of drug-likeness (QED) is 0.776. The molecule has 7 nitrogen and oxygen atoms in total. The normalized spacial score (nSPS) is 32.6. The van der Waals surface area contributed by atoms with E-state index in [1.165, 1.54) is 12.1 Å². The first-order chi connectivity index (χ1) is 13.5. The highest BCUT2D eigenvalue weighted by molar-refractivity contribution is 7.93. The van der Waals surface area contributed by atoms with Gasteiger partial charge >= 0.3 is 0 Å². The molecule has 2 fully saturated rings. The van der Waals surface area contributed by atoms with E-state index in [0.717, 1.165) is 0 Å². The van der Waals surface area contributed by atoms with Crippen LogP contribution in [-0.2, 0) is 36.1 Å². The monoisotopic (exact) mass is 424 g/mol. The third-order valence-corrected chi connectivity index (χ3v) is 9.04. The van der Waals surface area contributed by atoms with Crippen LogP contribution in [0.1, 0.15) is 31.4 Å². The Balaban J connectivity index is 1.70. The lowest BCUT2D eigenvalue weighted by atomic mass is 9.80. The van der Waals surface area contributed by atoms with Gasteiger partial charge in [-0.3, -0.25) is 9.79 Å². The number of hydrogen-bond donors (Lipinski definition) is 1. The Bertz CT molecular complexity index is 996. The van der Waals surface area contributed by atoms with E-state index in [-0.39, 0.29) is 42.4 Å². The molecule has 2 saturated heterocycles. The van der Waals surface area contributed by atoms with Gasteiger partial charge in [0.1, 0.15) is 23.0 Å². The molecule has 3 heterocycles. The first kappa shape index (κ1) is 20.4. The van der Waals surface area contributed by atoms with Crippen molar-refractivity contribution in [2.45, 2.75) is 37.0 Å². The van der Waals surface area contributed by atoms with E-state index in [0.29, 0.717) is 25.4 Å². The molecule has 3 aliphatic heterocycles. The predicted molar refractivity (Wildman–Crippen MR) is 105 cm³/mol. The van der Waals surface area contributed by atoms with Crippen molar-refractivity contribution in [3.63, 3.8) is 0 Å². The van der Waals surface area contributed by atoms with Gasteiger partial charge < -0.3 is 15.2 Å². The number of rotatable bonds is 4. The minimum absolute atomic E-state index is 0.00722. The molecule has 0 aliphatic carbocycles. The van der Waals surface area contributed by atoms with E-state index in [4.69, 9.17) is 15.2 Å². The number of amidine groups is 1. The van der Waals surface area contributed by atoms with Gasteiger partial charge in [-0.15, -0.1) is 0 Å². The molecule has 9 heteroatoms. The van der Waals surface area contributed by atoms with Crippen molar-refractivity contribution in [1.82, 2.24) is 0 Å². The molecule has 0 amide bonds. The number of ether oxygens (including phenoxy) is 2. The molecule has 0 radical (unpaired) electrons. The van der Waals surface area contributed by atoms with E-state index < -0.39 is 31.4 Å². The summed E-state index contributed by atoms with van der Waals surface area (Å²) in [6.45, 7) is 4.41. The van der Waals surface area contributed by atoms with Gasteiger partial charge in [0.25, 0.3) is 0 Å². The number of carbonyl (C=O) groups is 1. The van der Waals surface area contributed by atoms with Gasteiger partial charge in [-0.2, -0.15) is 0 Å². The van der Waals surface area contributed by atoms with Gasteiger partial charge in [0.15, 0.2) is 14.6 Å². The molecule has 0 aromatic heterocycles. The third-order valence-electron chi connectivity index (χ3n) is 6.38. The van der Waals surface area contributed by atoms with Crippen LogP contribution in [0.5, 0.6) is 0 Å². The minimum atomic E-state index is -3.73. The molecule has 1 aromatic carbocycles. The van der Waals surface area contributed by atoms with Crippen LogP contribution in [0.2, 0.25) is 0 Å². The van der Waals surface area contributed by atoms with Crippen LogP contribution in [0.4, 0.5) is 4.39 Å². The maximum Gasteiger partial charge on any atom is 0.168 e. The number of benzene rings is 1. The highest BCUT2D eigenvalue weighted by Gasteiger charge is 2.57. The van der Waals surface area contributed by atoms with Crippen LogP contribution in [0.15, 0.2) is 23.2 Å². The maximum atomic E-state index is 14.8. The van der Waals surface area contributed by atoms with Crippen molar-refractivity contribution in [3.05, 3.63) is 35.1 Å². The van der Waals surface area contributed by atoms with Crippen LogP contribution in [0.25, 0.3) is 0 Å². The van der Waals surface area contributed by atoms with E-state index in [1.807, 2.05) is 6.92 Å². The molecular weight excluding hydrogens is 399 g/mol. The lowest BCUT2D eigenvalue weighted by Gasteiger charge is -2.39. The molecule has 0 unspecified atom stereocenters. The maximum absolute atomic E-state index is 14.8. The number of halogens is 1. The Labute approximate surface area is 169 Å². The lowest BCUT2D eigenvalue weighted by molar-refractivity contribution is -0.154. The van der Waals surface area contributed by atoms with E-state index in [2.05, 4.69) is 4.99 Å². The minimum Gasteiger partial charge on any atom is -0.386 e. The van der Waals surface area contributed by atoms with Gasteiger partial charge in [0.05, 0.1) is 31.0 Å². The summed E-state index contributed by atoms with van der Waals surface area (Å²) in [6, 6.07) is 4.33. The average molecular weight is 424 g/mol. The summed E-state index contributed by atoms with van der Waals surface area (Å²) in [5.74, 6) is -0.979. The second-order valence-electron chi connectivity index (χ2n) is 8.79. The molecule has 0 bridgehead atoms. The Morgan fingerprint density at radius 1 is 1.24 bits per heavy atom. The fourth-order valence-electron chi connectivity index (χ4n) is 4.26. The van der Waals surface area contributed by atoms with E-state index in [9.17, 15) is 17.6 Å². The molecule has 4 rings (SSSR count). The molecule has 2 N–H and O–H groups in total. The van der Waals surface area contributed by atoms with Crippen LogP contribution in [0.3, 0.4) is 0 Å². The van der Waals surface area contributed by atoms with Crippen molar-refractivity contribution in [2.75, 3.05) is 32.2 Å². The highest BCUT2D eigenvalue weighted by atomic mass is 32.2. The fraction of sp³-hybridized carbons (Fsp3) is 0.600. The van der Waals surface area contributed by atoms with Crippen molar-refractivity contribution >= 4 is 21.5 Å². The number of nitrogens with zero attached hydrogens (tertiary/aromatic N) is 1. The van der Waals surface area contributed by atoms with Crippen LogP contribution >= 0.6 is 0 Å². The van der Waals surface area contributed by atoms with E-state index >= 15 is 0 Å². The van der Waals surface area contributed by atoms with Crippen molar-refractivity contribution in [1.29, 1.82) is 0 Å². The average Bonchev–Trinajstić information content (AvgIpc) is 3.11. The van der Waals surface area contributed by atoms with Crippen LogP contribution < -0.4 is 5.73 Å². The largest absolute Gasteiger partial charge is 0.386 e. The summed E-state index contributed by atoms with van der Waals surface area (Å²) in [6.07, 6.45) is 0.366. The summed E-state index contributed by atoms with van der Waals surface area (Å²) >= 11 is 0. The van der Waals surface area contributed by atoms with Gasteiger partial charge in [-0.1, -0.05) is 6.07 Å². The van der Waals surface area contributed by atoms with Gasteiger partial charge in [0, 0.05) is 18.6 Å². The summed E-state index contributed by atoms with van der Waals surface area (Å²) < 4.78 is 50.1.